The summed E-state index contributed by atoms with van der Waals surface area (Å²) in [4.78, 5) is 12.0. The van der Waals surface area contributed by atoms with Gasteiger partial charge < -0.3 is 9.47 Å². The van der Waals surface area contributed by atoms with Crippen molar-refractivity contribution in [3.63, 3.8) is 0 Å². The van der Waals surface area contributed by atoms with Crippen molar-refractivity contribution in [1.82, 2.24) is 5.43 Å². The zero-order chi connectivity index (χ0) is 19.6. The summed E-state index contributed by atoms with van der Waals surface area (Å²) in [7, 11) is 3.25. The maximum Gasteiger partial charge on any atom is 0.250 e. The van der Waals surface area contributed by atoms with Crippen LogP contribution in [0.2, 0.25) is 0 Å². The van der Waals surface area contributed by atoms with Crippen molar-refractivity contribution in [3.05, 3.63) is 57.6 Å². The van der Waals surface area contributed by atoms with Gasteiger partial charge in [0.15, 0.2) is 0 Å². The van der Waals surface area contributed by atoms with Crippen LogP contribution in [0.15, 0.2) is 46.0 Å². The number of hydrazone groups is 1. The van der Waals surface area contributed by atoms with Crippen LogP contribution in [0.4, 0.5) is 0 Å². The number of carbonyl (C=O) groups excluding carboxylic acids is 1. The summed E-state index contributed by atoms with van der Waals surface area (Å²) < 4.78 is 11.9. The van der Waals surface area contributed by atoms with Gasteiger partial charge in [-0.15, -0.1) is 11.8 Å². The largest absolute Gasteiger partial charge is 0.496 e. The number of ether oxygens (including phenoxy) is 2. The van der Waals surface area contributed by atoms with Gasteiger partial charge in [-0.2, -0.15) is 5.10 Å². The van der Waals surface area contributed by atoms with Gasteiger partial charge in [0.1, 0.15) is 11.5 Å². The first-order chi connectivity index (χ1) is 13.1. The van der Waals surface area contributed by atoms with Crippen LogP contribution in [-0.4, -0.2) is 32.1 Å². The third-order valence-corrected chi connectivity index (χ3v) is 5.62. The van der Waals surface area contributed by atoms with Gasteiger partial charge in [-0.25, -0.2) is 5.43 Å². The monoisotopic (exact) mass is 450 g/mol. The van der Waals surface area contributed by atoms with E-state index in [1.807, 2.05) is 43.3 Å². The molecule has 1 N–H and O–H groups in total. The third kappa shape index (κ3) is 6.01. The average Bonchev–Trinajstić information content (AvgIpc) is 2.68. The Hall–Kier alpha value is -1.99. The van der Waals surface area contributed by atoms with Crippen molar-refractivity contribution >= 4 is 39.8 Å². The minimum atomic E-state index is -0.147. The van der Waals surface area contributed by atoms with Gasteiger partial charge in [-0.05, 0) is 30.2 Å². The Morgan fingerprint density at radius 1 is 1.22 bits per heavy atom. The molecule has 0 heterocycles. The van der Waals surface area contributed by atoms with E-state index >= 15 is 0 Å². The number of thioether (sulfide) groups is 1. The molecule has 0 aliphatic heterocycles. The van der Waals surface area contributed by atoms with E-state index in [1.165, 1.54) is 11.8 Å². The molecule has 0 aliphatic rings. The Labute approximate surface area is 172 Å². The zero-order valence-corrected chi connectivity index (χ0v) is 18.0. The van der Waals surface area contributed by atoms with E-state index in [0.29, 0.717) is 11.5 Å². The molecule has 0 spiro atoms. The quantitative estimate of drug-likeness (QED) is 0.453. The SMILES string of the molecule is CCc1c(OC)ccc(/C=N/NC(=O)CSCc2ccccc2Br)c1OC. The smallest absolute Gasteiger partial charge is 0.250 e. The maximum absolute atomic E-state index is 12.0. The third-order valence-electron chi connectivity index (χ3n) is 3.87. The molecular weight excluding hydrogens is 428 g/mol. The highest BCUT2D eigenvalue weighted by Crippen LogP contribution is 2.31. The second kappa shape index (κ2) is 11.0. The van der Waals surface area contributed by atoms with Gasteiger partial charge in [0, 0.05) is 21.4 Å². The first kappa shape index (κ1) is 21.3. The molecule has 0 fully saturated rings. The Bertz CT molecular complexity index is 812. The highest BCUT2D eigenvalue weighted by Gasteiger charge is 2.12. The lowest BCUT2D eigenvalue weighted by Gasteiger charge is -2.13. The molecule has 2 rings (SSSR count). The molecule has 0 aromatic heterocycles. The van der Waals surface area contributed by atoms with E-state index in [9.17, 15) is 4.79 Å². The molecule has 5 nitrogen and oxygen atoms in total. The highest BCUT2D eigenvalue weighted by atomic mass is 79.9. The van der Waals surface area contributed by atoms with E-state index < -0.39 is 0 Å². The molecule has 1 amide bonds. The predicted octanol–water partition coefficient (Wildman–Crippen LogP) is 4.41. The van der Waals surface area contributed by atoms with Crippen LogP contribution in [-0.2, 0) is 17.0 Å². The van der Waals surface area contributed by atoms with Crippen LogP contribution in [0, 0.1) is 0 Å². The van der Waals surface area contributed by atoms with Crippen LogP contribution in [0.5, 0.6) is 11.5 Å². The van der Waals surface area contributed by atoms with Crippen molar-refractivity contribution < 1.29 is 14.3 Å². The highest BCUT2D eigenvalue weighted by molar-refractivity contribution is 9.10. The van der Waals surface area contributed by atoms with Crippen molar-refractivity contribution in [3.8, 4) is 11.5 Å². The lowest BCUT2D eigenvalue weighted by Crippen LogP contribution is -2.19. The lowest BCUT2D eigenvalue weighted by atomic mass is 10.1. The number of nitrogens with zero attached hydrogens (tertiary/aromatic N) is 1. The molecule has 0 saturated heterocycles. The Morgan fingerprint density at radius 2 is 2.00 bits per heavy atom. The minimum absolute atomic E-state index is 0.147. The summed E-state index contributed by atoms with van der Waals surface area (Å²) in [6.07, 6.45) is 2.36. The average molecular weight is 451 g/mol. The Morgan fingerprint density at radius 3 is 2.67 bits per heavy atom. The summed E-state index contributed by atoms with van der Waals surface area (Å²) in [6, 6.07) is 11.7. The first-order valence-electron chi connectivity index (χ1n) is 8.47. The number of carbonyl (C=O) groups is 1. The van der Waals surface area contributed by atoms with E-state index in [-0.39, 0.29) is 5.91 Å². The summed E-state index contributed by atoms with van der Waals surface area (Å²) in [5, 5.41) is 4.06. The molecule has 144 valence electrons. The zero-order valence-electron chi connectivity index (χ0n) is 15.6. The fraction of sp³-hybridized carbons (Fsp3) is 0.300. The van der Waals surface area contributed by atoms with Crippen LogP contribution in [0.1, 0.15) is 23.6 Å². The van der Waals surface area contributed by atoms with E-state index in [1.54, 1.807) is 20.4 Å². The van der Waals surface area contributed by atoms with Crippen LogP contribution in [0.25, 0.3) is 0 Å². The van der Waals surface area contributed by atoms with E-state index in [0.717, 1.165) is 39.1 Å². The summed E-state index contributed by atoms with van der Waals surface area (Å²) in [5.41, 5.74) is 5.48. The molecule has 0 aliphatic carbocycles. The molecule has 0 saturated carbocycles. The second-order valence-electron chi connectivity index (χ2n) is 5.60. The van der Waals surface area contributed by atoms with Crippen LogP contribution in [0.3, 0.4) is 0 Å². The number of hydrogen-bond acceptors (Lipinski definition) is 5. The summed E-state index contributed by atoms with van der Waals surface area (Å²) in [5.74, 6) is 2.42. The molecule has 0 atom stereocenters. The van der Waals surface area contributed by atoms with Gasteiger partial charge in [-0.1, -0.05) is 41.1 Å². The predicted molar refractivity (Wildman–Crippen MR) is 115 cm³/mol. The Balaban J connectivity index is 1.91. The normalized spacial score (nSPS) is 10.8. The lowest BCUT2D eigenvalue weighted by molar-refractivity contribution is -0.118. The number of nitrogens with one attached hydrogen (secondary N) is 1. The van der Waals surface area contributed by atoms with Crippen molar-refractivity contribution in [2.24, 2.45) is 5.10 Å². The van der Waals surface area contributed by atoms with Gasteiger partial charge >= 0.3 is 0 Å². The van der Waals surface area contributed by atoms with Gasteiger partial charge in [-0.3, -0.25) is 4.79 Å². The van der Waals surface area contributed by atoms with Crippen molar-refractivity contribution in [1.29, 1.82) is 0 Å². The molecule has 27 heavy (non-hydrogen) atoms. The molecule has 2 aromatic carbocycles. The number of halogens is 1. The fourth-order valence-electron chi connectivity index (χ4n) is 2.57. The molecule has 0 bridgehead atoms. The van der Waals surface area contributed by atoms with Crippen molar-refractivity contribution in [2.45, 2.75) is 19.1 Å². The Kier molecular flexibility index (Phi) is 8.67. The number of amides is 1. The standard InChI is InChI=1S/C20H23BrN2O3S/c1-4-16-18(25-2)10-9-14(20(16)26-3)11-22-23-19(24)13-27-12-15-7-5-6-8-17(15)21/h5-11H,4,12-13H2,1-3H3,(H,23,24)/b22-11+. The number of benzene rings is 2. The van der Waals surface area contributed by atoms with E-state index in [4.69, 9.17) is 9.47 Å². The number of hydrogen-bond donors (Lipinski definition) is 1. The molecule has 0 unspecified atom stereocenters. The molecule has 0 radical (unpaired) electrons. The topological polar surface area (TPSA) is 59.9 Å². The van der Waals surface area contributed by atoms with Crippen LogP contribution < -0.4 is 14.9 Å². The van der Waals surface area contributed by atoms with Crippen molar-refractivity contribution in [2.75, 3.05) is 20.0 Å². The molecular formula is C20H23BrN2O3S. The fourth-order valence-corrected chi connectivity index (χ4v) is 4.01. The molecule has 2 aromatic rings. The second-order valence-corrected chi connectivity index (χ2v) is 7.44. The first-order valence-corrected chi connectivity index (χ1v) is 10.4. The maximum atomic E-state index is 12.0. The van der Waals surface area contributed by atoms with E-state index in [2.05, 4.69) is 26.5 Å². The summed E-state index contributed by atoms with van der Waals surface area (Å²) in [6.45, 7) is 2.03. The number of methoxy groups -OCH3 is 2. The van der Waals surface area contributed by atoms with Gasteiger partial charge in [0.2, 0.25) is 5.91 Å². The minimum Gasteiger partial charge on any atom is -0.496 e. The number of rotatable bonds is 9. The summed E-state index contributed by atoms with van der Waals surface area (Å²) >= 11 is 5.04. The van der Waals surface area contributed by atoms with Crippen LogP contribution >= 0.6 is 27.7 Å². The van der Waals surface area contributed by atoms with Gasteiger partial charge in [0.25, 0.3) is 0 Å². The van der Waals surface area contributed by atoms with Gasteiger partial charge in [0.05, 0.1) is 26.2 Å². The molecule has 7 heteroatoms.